The molecule has 2 aliphatic heterocycles. The Morgan fingerprint density at radius 2 is 2.12 bits per heavy atom. The summed E-state index contributed by atoms with van der Waals surface area (Å²) in [5, 5.41) is 13.3. The van der Waals surface area contributed by atoms with E-state index in [0.29, 0.717) is 25.2 Å². The van der Waals surface area contributed by atoms with Crippen molar-refractivity contribution in [2.24, 2.45) is 11.8 Å². The topological polar surface area (TPSA) is 74.6 Å². The second kappa shape index (κ2) is 9.38. The number of benzene rings is 1. The highest BCUT2D eigenvalue weighted by Gasteiger charge is 2.55. The quantitative estimate of drug-likeness (QED) is 0.696. The molecule has 2 N–H and O–H groups in total. The van der Waals surface area contributed by atoms with Crippen molar-refractivity contribution in [3.8, 4) is 0 Å². The van der Waals surface area contributed by atoms with Gasteiger partial charge >= 0.3 is 0 Å². The van der Waals surface area contributed by atoms with Crippen LogP contribution in [0.15, 0.2) is 47.3 Å². The molecule has 1 fully saturated rings. The van der Waals surface area contributed by atoms with Crippen molar-refractivity contribution in [2.45, 2.75) is 45.4 Å². The molecule has 170 valence electrons. The Kier molecular flexibility index (Phi) is 6.58. The number of carbonyl (C=O) groups excluding carboxylic acids is 1. The fourth-order valence-electron chi connectivity index (χ4n) is 5.31. The molecule has 0 spiro atoms. The zero-order valence-electron chi connectivity index (χ0n) is 18.5. The van der Waals surface area contributed by atoms with E-state index in [1.165, 1.54) is 12.1 Å². The lowest BCUT2D eigenvalue weighted by Crippen LogP contribution is -2.48. The molecule has 1 amide bonds. The molecule has 7 heteroatoms. The summed E-state index contributed by atoms with van der Waals surface area (Å²) < 4.78 is 15.7. The average Bonchev–Trinajstić information content (AvgIpc) is 3.29. The predicted molar refractivity (Wildman–Crippen MR) is 121 cm³/mol. The van der Waals surface area contributed by atoms with Crippen LogP contribution in [0, 0.1) is 17.7 Å². The first kappa shape index (κ1) is 22.4. The van der Waals surface area contributed by atoms with Crippen molar-refractivity contribution in [1.82, 2.24) is 14.8 Å². The first-order chi connectivity index (χ1) is 15.5. The zero-order chi connectivity index (χ0) is 22.8. The van der Waals surface area contributed by atoms with Crippen LogP contribution >= 0.6 is 0 Å². The Balaban J connectivity index is 1.78. The van der Waals surface area contributed by atoms with Crippen molar-refractivity contribution in [2.75, 3.05) is 13.2 Å². The maximum Gasteiger partial charge on any atom is 0.258 e. The Bertz CT molecular complexity index is 1080. The van der Waals surface area contributed by atoms with E-state index in [9.17, 15) is 19.1 Å². The molecule has 1 aromatic carbocycles. The summed E-state index contributed by atoms with van der Waals surface area (Å²) in [5.74, 6) is -0.867. The van der Waals surface area contributed by atoms with Gasteiger partial charge in [0.15, 0.2) is 0 Å². The summed E-state index contributed by atoms with van der Waals surface area (Å²) >= 11 is 0. The van der Waals surface area contributed by atoms with Gasteiger partial charge in [-0.05, 0) is 43.2 Å². The number of aliphatic hydroxyl groups is 1. The minimum absolute atomic E-state index is 0.0654. The molecule has 1 saturated heterocycles. The van der Waals surface area contributed by atoms with Crippen molar-refractivity contribution < 1.29 is 14.3 Å². The number of pyridine rings is 1. The fraction of sp³-hybridized carbons (Fsp3) is 0.440. The van der Waals surface area contributed by atoms with Crippen molar-refractivity contribution in [3.63, 3.8) is 0 Å². The number of fused-ring (bicyclic) bond motifs is 3. The van der Waals surface area contributed by atoms with Gasteiger partial charge in [-0.3, -0.25) is 14.5 Å². The Hall–Kier alpha value is -2.77. The Morgan fingerprint density at radius 1 is 1.31 bits per heavy atom. The SMILES string of the molecule is C/C=C/c1ccc2n(c1=O)C[C@H]1[C@H](CO)[C@@H](C(=O)NCCC)N(Cc3cccc(F)c3)[C@@H]21. The number of halogens is 1. The van der Waals surface area contributed by atoms with Crippen LogP contribution in [0.4, 0.5) is 4.39 Å². The summed E-state index contributed by atoms with van der Waals surface area (Å²) in [7, 11) is 0. The minimum atomic E-state index is -0.552. The van der Waals surface area contributed by atoms with Crippen molar-refractivity contribution in [3.05, 3.63) is 75.5 Å². The maximum absolute atomic E-state index is 13.9. The van der Waals surface area contributed by atoms with Gasteiger partial charge in [0.05, 0.1) is 12.1 Å². The standard InChI is InChI=1S/C25H30FN3O3/c1-3-6-17-9-10-21-22-19(14-28(21)25(17)32)20(15-30)23(24(31)27-11-4-2)29(22)13-16-7-5-8-18(26)12-16/h3,5-10,12,19-20,22-23,30H,4,11,13-15H2,1-2H3,(H,27,31)/b6-3+/t19-,20-,22+,23-/m0/s1. The van der Waals surface area contributed by atoms with Gasteiger partial charge in [-0.2, -0.15) is 0 Å². The van der Waals surface area contributed by atoms with Gasteiger partial charge < -0.3 is 15.0 Å². The smallest absolute Gasteiger partial charge is 0.258 e. The number of aromatic nitrogens is 1. The average molecular weight is 440 g/mol. The normalized spacial score (nSPS) is 24.6. The van der Waals surface area contributed by atoms with E-state index >= 15 is 0 Å². The van der Waals surface area contributed by atoms with Crippen LogP contribution in [-0.2, 0) is 17.9 Å². The third kappa shape index (κ3) is 3.91. The molecule has 1 aromatic heterocycles. The van der Waals surface area contributed by atoms with Gasteiger partial charge in [-0.15, -0.1) is 0 Å². The molecule has 6 nitrogen and oxygen atoms in total. The number of amides is 1. The number of hydrogen-bond donors (Lipinski definition) is 2. The number of rotatable bonds is 7. The van der Waals surface area contributed by atoms with Crippen molar-refractivity contribution >= 4 is 12.0 Å². The lowest BCUT2D eigenvalue weighted by molar-refractivity contribution is -0.128. The predicted octanol–water partition coefficient (Wildman–Crippen LogP) is 2.71. The molecule has 0 bridgehead atoms. The molecule has 0 unspecified atom stereocenters. The fourth-order valence-corrected chi connectivity index (χ4v) is 5.31. The van der Waals surface area contributed by atoms with Crippen LogP contribution in [0.5, 0.6) is 0 Å². The zero-order valence-corrected chi connectivity index (χ0v) is 18.5. The highest BCUT2D eigenvalue weighted by atomic mass is 19.1. The molecule has 3 heterocycles. The molecule has 4 atom stereocenters. The number of hydrogen-bond acceptors (Lipinski definition) is 4. The van der Waals surface area contributed by atoms with E-state index in [2.05, 4.69) is 5.32 Å². The van der Waals surface area contributed by atoms with Crippen LogP contribution in [0.3, 0.4) is 0 Å². The first-order valence-corrected chi connectivity index (χ1v) is 11.2. The van der Waals surface area contributed by atoms with Gasteiger partial charge in [0.25, 0.3) is 5.56 Å². The highest BCUT2D eigenvalue weighted by Crippen LogP contribution is 2.49. The van der Waals surface area contributed by atoms with Crippen molar-refractivity contribution in [1.29, 1.82) is 0 Å². The first-order valence-electron chi connectivity index (χ1n) is 11.2. The monoisotopic (exact) mass is 439 g/mol. The Morgan fingerprint density at radius 3 is 2.81 bits per heavy atom. The van der Waals surface area contributed by atoms with E-state index in [1.807, 2.05) is 43.0 Å². The van der Waals surface area contributed by atoms with Gasteiger partial charge in [-0.25, -0.2) is 4.39 Å². The molecular formula is C25H30FN3O3. The van der Waals surface area contributed by atoms with Gasteiger partial charge in [0.2, 0.25) is 5.91 Å². The second-order valence-corrected chi connectivity index (χ2v) is 8.62. The summed E-state index contributed by atoms with van der Waals surface area (Å²) in [4.78, 5) is 28.3. The van der Waals surface area contributed by atoms with E-state index in [1.54, 1.807) is 16.7 Å². The number of carbonyl (C=O) groups is 1. The summed E-state index contributed by atoms with van der Waals surface area (Å²) in [6.07, 6.45) is 4.43. The largest absolute Gasteiger partial charge is 0.396 e. The Labute approximate surface area is 187 Å². The minimum Gasteiger partial charge on any atom is -0.396 e. The maximum atomic E-state index is 13.9. The molecule has 32 heavy (non-hydrogen) atoms. The van der Waals surface area contributed by atoms with Gasteiger partial charge in [-0.1, -0.05) is 31.2 Å². The third-order valence-corrected chi connectivity index (χ3v) is 6.64. The number of likely N-dealkylation sites (tertiary alicyclic amines) is 1. The van der Waals surface area contributed by atoms with Gasteiger partial charge in [0.1, 0.15) is 5.82 Å². The van der Waals surface area contributed by atoms with Crippen LogP contribution in [-0.4, -0.2) is 39.7 Å². The van der Waals surface area contributed by atoms with Gasteiger partial charge in [0, 0.05) is 49.3 Å². The summed E-state index contributed by atoms with van der Waals surface area (Å²) in [6.45, 7) is 5.06. The molecule has 2 aliphatic rings. The number of allylic oxidation sites excluding steroid dienone is 1. The summed E-state index contributed by atoms with van der Waals surface area (Å²) in [6, 6.07) is 9.36. The van der Waals surface area contributed by atoms with Crippen LogP contribution < -0.4 is 10.9 Å². The lowest BCUT2D eigenvalue weighted by atomic mass is 9.88. The van der Waals surface area contributed by atoms with E-state index in [-0.39, 0.29) is 41.8 Å². The van der Waals surface area contributed by atoms with E-state index < -0.39 is 6.04 Å². The third-order valence-electron chi connectivity index (χ3n) is 6.64. The molecule has 0 aliphatic carbocycles. The number of nitrogens with zero attached hydrogens (tertiary/aromatic N) is 2. The second-order valence-electron chi connectivity index (χ2n) is 8.62. The number of nitrogens with one attached hydrogen (secondary N) is 1. The molecular weight excluding hydrogens is 409 g/mol. The molecule has 0 radical (unpaired) electrons. The van der Waals surface area contributed by atoms with Crippen LogP contribution in [0.1, 0.15) is 43.1 Å². The molecule has 0 saturated carbocycles. The number of aliphatic hydroxyl groups excluding tert-OH is 1. The molecule has 2 aromatic rings. The molecule has 4 rings (SSSR count). The van der Waals surface area contributed by atoms with E-state index in [4.69, 9.17) is 0 Å². The summed E-state index contributed by atoms with van der Waals surface area (Å²) in [5.41, 5.74) is 2.14. The van der Waals surface area contributed by atoms with Crippen LogP contribution in [0.2, 0.25) is 0 Å². The van der Waals surface area contributed by atoms with E-state index in [0.717, 1.165) is 17.7 Å². The highest BCUT2D eigenvalue weighted by molar-refractivity contribution is 5.82. The lowest BCUT2D eigenvalue weighted by Gasteiger charge is -2.31. The van der Waals surface area contributed by atoms with Crippen LogP contribution in [0.25, 0.3) is 6.08 Å².